The molecule has 1 saturated carbocycles. The average molecular weight is 334 g/mol. The number of ether oxygens (including phenoxy) is 1. The highest BCUT2D eigenvalue weighted by molar-refractivity contribution is 5.90. The minimum Gasteiger partial charge on any atom is -0.464 e. The fourth-order valence-electron chi connectivity index (χ4n) is 1.78. The van der Waals surface area contributed by atoms with Crippen LogP contribution in [0.3, 0.4) is 0 Å². The van der Waals surface area contributed by atoms with Crippen LogP contribution in [0.4, 0.5) is 28.0 Å². The van der Waals surface area contributed by atoms with Crippen molar-refractivity contribution in [1.82, 2.24) is 5.32 Å². The molecule has 0 spiro atoms. The maximum Gasteiger partial charge on any atom is 0.418 e. The zero-order valence-corrected chi connectivity index (χ0v) is 11.9. The maximum absolute atomic E-state index is 12.9. The number of esters is 1. The van der Waals surface area contributed by atoms with Crippen LogP contribution >= 0.6 is 0 Å². The van der Waals surface area contributed by atoms with E-state index in [1.54, 1.807) is 0 Å². The maximum atomic E-state index is 12.9. The number of anilines is 1. The van der Waals surface area contributed by atoms with Crippen LogP contribution in [0.25, 0.3) is 0 Å². The molecule has 0 saturated heterocycles. The van der Waals surface area contributed by atoms with E-state index in [1.807, 2.05) is 5.32 Å². The quantitative estimate of drug-likeness (QED) is 0.494. The summed E-state index contributed by atoms with van der Waals surface area (Å²) in [5, 5.41) is 4.24. The van der Waals surface area contributed by atoms with E-state index in [1.165, 1.54) is 0 Å². The smallest absolute Gasteiger partial charge is 0.418 e. The predicted octanol–water partition coefficient (Wildman–Crippen LogP) is 2.92. The molecule has 23 heavy (non-hydrogen) atoms. The topological polar surface area (TPSA) is 67.4 Å². The lowest BCUT2D eigenvalue weighted by Crippen LogP contribution is -2.32. The first-order valence-corrected chi connectivity index (χ1v) is 6.85. The molecule has 0 atom stereocenters. The second-order valence-electron chi connectivity index (χ2n) is 5.01. The van der Waals surface area contributed by atoms with E-state index in [0.717, 1.165) is 25.0 Å². The summed E-state index contributed by atoms with van der Waals surface area (Å²) < 4.78 is 56.1. The Morgan fingerprint density at radius 2 is 1.96 bits per heavy atom. The van der Waals surface area contributed by atoms with Crippen LogP contribution in [0.5, 0.6) is 0 Å². The van der Waals surface area contributed by atoms with Crippen LogP contribution < -0.4 is 10.6 Å². The molecule has 2 rings (SSSR count). The Morgan fingerprint density at radius 3 is 2.57 bits per heavy atom. The number of hydrogen-bond donors (Lipinski definition) is 2. The third-order valence-electron chi connectivity index (χ3n) is 3.08. The van der Waals surface area contributed by atoms with Gasteiger partial charge in [0.25, 0.3) is 0 Å². The first-order valence-electron chi connectivity index (χ1n) is 6.85. The van der Waals surface area contributed by atoms with Crippen LogP contribution in [0.1, 0.15) is 18.4 Å². The van der Waals surface area contributed by atoms with Crippen molar-refractivity contribution in [2.24, 2.45) is 5.92 Å². The molecule has 0 radical (unpaired) electrons. The molecule has 9 heteroatoms. The molecular formula is C14H14F4N2O3. The second kappa shape index (κ2) is 6.84. The predicted molar refractivity (Wildman–Crippen MR) is 72.1 cm³/mol. The van der Waals surface area contributed by atoms with E-state index in [-0.39, 0.29) is 25.0 Å². The van der Waals surface area contributed by atoms with Crippen LogP contribution in [0.2, 0.25) is 0 Å². The Hall–Kier alpha value is -2.32. The molecule has 2 N–H and O–H groups in total. The molecule has 0 aliphatic heterocycles. The summed E-state index contributed by atoms with van der Waals surface area (Å²) in [6.07, 6.45) is -3.22. The molecule has 0 heterocycles. The van der Waals surface area contributed by atoms with Gasteiger partial charge in [0.1, 0.15) is 12.4 Å². The first kappa shape index (κ1) is 17.0. The van der Waals surface area contributed by atoms with Gasteiger partial charge in [-0.3, -0.25) is 4.79 Å². The molecule has 0 aromatic heterocycles. The van der Waals surface area contributed by atoms with Crippen molar-refractivity contribution < 1.29 is 31.9 Å². The summed E-state index contributed by atoms with van der Waals surface area (Å²) in [6.45, 7) is -0.120. The summed E-state index contributed by atoms with van der Waals surface area (Å²) in [7, 11) is 0. The number of halogens is 4. The van der Waals surface area contributed by atoms with Crippen molar-refractivity contribution >= 4 is 17.7 Å². The van der Waals surface area contributed by atoms with Gasteiger partial charge in [-0.2, -0.15) is 13.2 Å². The van der Waals surface area contributed by atoms with Gasteiger partial charge < -0.3 is 15.4 Å². The molecule has 5 nitrogen and oxygen atoms in total. The number of benzene rings is 1. The number of rotatable bonds is 5. The van der Waals surface area contributed by atoms with Crippen LogP contribution in [-0.4, -0.2) is 25.2 Å². The average Bonchev–Trinajstić information content (AvgIpc) is 3.29. The molecule has 0 bridgehead atoms. The number of carbonyl (C=O) groups is 2. The number of hydrogen-bond acceptors (Lipinski definition) is 3. The molecule has 126 valence electrons. The van der Waals surface area contributed by atoms with Crippen LogP contribution in [0.15, 0.2) is 18.2 Å². The van der Waals surface area contributed by atoms with E-state index < -0.39 is 29.3 Å². The van der Waals surface area contributed by atoms with Crippen molar-refractivity contribution in [2.75, 3.05) is 18.5 Å². The fraction of sp³-hybridized carbons (Fsp3) is 0.429. The van der Waals surface area contributed by atoms with Gasteiger partial charge in [0.05, 0.1) is 23.7 Å². The van der Waals surface area contributed by atoms with Gasteiger partial charge in [-0.05, 0) is 31.0 Å². The lowest BCUT2D eigenvalue weighted by atomic mass is 10.1. The monoisotopic (exact) mass is 334 g/mol. The van der Waals surface area contributed by atoms with E-state index in [2.05, 4.69) is 5.32 Å². The number of nitrogens with one attached hydrogen (secondary N) is 2. The lowest BCUT2D eigenvalue weighted by Gasteiger charge is -2.14. The molecule has 1 aliphatic carbocycles. The third kappa shape index (κ3) is 5.11. The Bertz CT molecular complexity index is 600. The van der Waals surface area contributed by atoms with E-state index in [0.29, 0.717) is 6.07 Å². The summed E-state index contributed by atoms with van der Waals surface area (Å²) >= 11 is 0. The largest absolute Gasteiger partial charge is 0.464 e. The molecule has 0 unspecified atom stereocenters. The van der Waals surface area contributed by atoms with Crippen molar-refractivity contribution in [3.63, 3.8) is 0 Å². The molecule has 1 fully saturated rings. The summed E-state index contributed by atoms with van der Waals surface area (Å²) in [5.41, 5.74) is -1.85. The van der Waals surface area contributed by atoms with Crippen LogP contribution in [-0.2, 0) is 15.7 Å². The Kier molecular flexibility index (Phi) is 5.07. The number of carbonyl (C=O) groups excluding carboxylic acids is 2. The van der Waals surface area contributed by atoms with E-state index in [4.69, 9.17) is 4.74 Å². The summed E-state index contributed by atoms with van der Waals surface area (Å²) in [5.74, 6) is -1.47. The number of amides is 2. The number of alkyl halides is 3. The highest BCUT2D eigenvalue weighted by atomic mass is 19.4. The standard InChI is InChI=1S/C14H14F4N2O3/c15-9-3-4-11(10(7-9)14(16,17)18)20-13(22)19-5-6-23-12(21)8-1-2-8/h3-4,7-8H,1-2,5-6H2,(H2,19,20,22). The highest BCUT2D eigenvalue weighted by Crippen LogP contribution is 2.35. The van der Waals surface area contributed by atoms with E-state index >= 15 is 0 Å². The minimum absolute atomic E-state index is 0.0488. The molecule has 2 amide bonds. The molecule has 1 aromatic carbocycles. The third-order valence-corrected chi connectivity index (χ3v) is 3.08. The van der Waals surface area contributed by atoms with Crippen molar-refractivity contribution in [3.8, 4) is 0 Å². The van der Waals surface area contributed by atoms with Crippen molar-refractivity contribution in [3.05, 3.63) is 29.6 Å². The van der Waals surface area contributed by atoms with Gasteiger partial charge in [-0.1, -0.05) is 0 Å². The van der Waals surface area contributed by atoms with Gasteiger partial charge >= 0.3 is 18.2 Å². The van der Waals surface area contributed by atoms with Crippen LogP contribution in [0, 0.1) is 11.7 Å². The minimum atomic E-state index is -4.80. The molecule has 1 aliphatic rings. The Balaban J connectivity index is 1.83. The first-order chi connectivity index (χ1) is 10.8. The molecule has 1 aromatic rings. The molecular weight excluding hydrogens is 320 g/mol. The SMILES string of the molecule is O=C(NCCOC(=O)C1CC1)Nc1ccc(F)cc1C(F)(F)F. The van der Waals surface area contributed by atoms with E-state index in [9.17, 15) is 27.2 Å². The second-order valence-corrected chi connectivity index (χ2v) is 5.01. The normalized spacial score (nSPS) is 14.3. The summed E-state index contributed by atoms with van der Waals surface area (Å²) in [6, 6.07) is 1.02. The van der Waals surface area contributed by atoms with Gasteiger partial charge in [-0.15, -0.1) is 0 Å². The van der Waals surface area contributed by atoms with Gasteiger partial charge in [0, 0.05) is 0 Å². The van der Waals surface area contributed by atoms with Crippen molar-refractivity contribution in [2.45, 2.75) is 19.0 Å². The van der Waals surface area contributed by atoms with Gasteiger partial charge in [-0.25, -0.2) is 9.18 Å². The Morgan fingerprint density at radius 1 is 1.26 bits per heavy atom. The zero-order valence-electron chi connectivity index (χ0n) is 11.9. The zero-order chi connectivity index (χ0) is 17.0. The highest BCUT2D eigenvalue weighted by Gasteiger charge is 2.34. The number of urea groups is 1. The van der Waals surface area contributed by atoms with Gasteiger partial charge in [0.15, 0.2) is 0 Å². The fourth-order valence-corrected chi connectivity index (χ4v) is 1.78. The van der Waals surface area contributed by atoms with Crippen molar-refractivity contribution in [1.29, 1.82) is 0 Å². The summed E-state index contributed by atoms with van der Waals surface area (Å²) in [4.78, 5) is 22.8. The Labute approximate surface area is 129 Å². The lowest BCUT2D eigenvalue weighted by molar-refractivity contribution is -0.145. The van der Waals surface area contributed by atoms with Gasteiger partial charge in [0.2, 0.25) is 0 Å².